The number of hydrogen-bond acceptors (Lipinski definition) is 7. The summed E-state index contributed by atoms with van der Waals surface area (Å²) in [5, 5.41) is 48.4. The van der Waals surface area contributed by atoms with Crippen LogP contribution in [-0.2, 0) is 4.74 Å². The van der Waals surface area contributed by atoms with Crippen molar-refractivity contribution in [1.82, 2.24) is 0 Å². The molecule has 7 heteroatoms. The first-order valence-corrected chi connectivity index (χ1v) is 7.16. The molecule has 7 atom stereocenters. The number of nitrogens with two attached hydrogens (primary N) is 1. The molecule has 0 radical (unpaired) electrons. The van der Waals surface area contributed by atoms with Gasteiger partial charge in [0.05, 0.1) is 37.1 Å². The number of rotatable bonds is 6. The summed E-state index contributed by atoms with van der Waals surface area (Å²) in [5.74, 6) is 0. The maximum absolute atomic E-state index is 9.91. The second-order valence-electron chi connectivity index (χ2n) is 5.48. The van der Waals surface area contributed by atoms with Crippen LogP contribution >= 0.6 is 0 Å². The molecule has 0 amide bonds. The molecule has 0 spiro atoms. The highest BCUT2D eigenvalue weighted by molar-refractivity contribution is 4.86. The predicted octanol–water partition coefficient (Wildman–Crippen LogP) is -1.90. The second-order valence-corrected chi connectivity index (χ2v) is 5.48. The van der Waals surface area contributed by atoms with Gasteiger partial charge in [-0.05, 0) is 25.7 Å². The lowest BCUT2D eigenvalue weighted by Gasteiger charge is -2.28. The molecule has 7 N–H and O–H groups in total. The predicted molar refractivity (Wildman–Crippen MR) is 71.9 cm³/mol. The van der Waals surface area contributed by atoms with Gasteiger partial charge < -0.3 is 36.0 Å². The van der Waals surface area contributed by atoms with Crippen LogP contribution in [0.4, 0.5) is 0 Å². The van der Waals surface area contributed by atoms with Gasteiger partial charge in [0, 0.05) is 0 Å². The highest BCUT2D eigenvalue weighted by atomic mass is 16.5. The summed E-state index contributed by atoms with van der Waals surface area (Å²) in [4.78, 5) is 0. The van der Waals surface area contributed by atoms with Crippen molar-refractivity contribution in [3.8, 4) is 0 Å². The van der Waals surface area contributed by atoms with Crippen LogP contribution in [0.25, 0.3) is 0 Å². The normalized spacial score (nSPS) is 36.1. The van der Waals surface area contributed by atoms with Crippen molar-refractivity contribution in [2.45, 2.75) is 75.3 Å². The van der Waals surface area contributed by atoms with E-state index in [9.17, 15) is 25.5 Å². The maximum Gasteiger partial charge on any atom is 0.108 e. The zero-order chi connectivity index (χ0) is 15.3. The Balaban J connectivity index is 2.47. The van der Waals surface area contributed by atoms with E-state index >= 15 is 0 Å². The molecule has 0 aliphatic heterocycles. The summed E-state index contributed by atoms with van der Waals surface area (Å²) in [6.07, 6.45) is -4.15. The van der Waals surface area contributed by atoms with Crippen LogP contribution in [0.3, 0.4) is 0 Å². The van der Waals surface area contributed by atoms with E-state index < -0.39 is 42.7 Å². The average Bonchev–Trinajstić information content (AvgIpc) is 2.57. The molecule has 0 heterocycles. The maximum atomic E-state index is 9.91. The van der Waals surface area contributed by atoms with Crippen LogP contribution in [0.15, 0.2) is 0 Å². The minimum Gasteiger partial charge on any atom is -0.390 e. The van der Waals surface area contributed by atoms with Gasteiger partial charge in [-0.2, -0.15) is 0 Å². The molecule has 1 fully saturated rings. The van der Waals surface area contributed by atoms with Gasteiger partial charge in [0.25, 0.3) is 0 Å². The van der Waals surface area contributed by atoms with Crippen molar-refractivity contribution in [1.29, 1.82) is 0 Å². The van der Waals surface area contributed by atoms with Crippen molar-refractivity contribution in [2.24, 2.45) is 5.73 Å². The monoisotopic (exact) mass is 293 g/mol. The Labute approximate surface area is 119 Å². The van der Waals surface area contributed by atoms with Crippen molar-refractivity contribution in [3.63, 3.8) is 0 Å². The molecule has 0 aromatic carbocycles. The topological polar surface area (TPSA) is 136 Å². The van der Waals surface area contributed by atoms with Gasteiger partial charge in [0.2, 0.25) is 0 Å². The fourth-order valence-corrected chi connectivity index (χ4v) is 2.36. The molecule has 1 saturated carbocycles. The van der Waals surface area contributed by atoms with E-state index in [0.29, 0.717) is 25.7 Å². The van der Waals surface area contributed by atoms with Crippen molar-refractivity contribution in [3.05, 3.63) is 0 Å². The Morgan fingerprint density at radius 3 is 2.40 bits per heavy atom. The van der Waals surface area contributed by atoms with E-state index in [-0.39, 0.29) is 6.61 Å². The fourth-order valence-electron chi connectivity index (χ4n) is 2.36. The highest BCUT2D eigenvalue weighted by Gasteiger charge is 2.35. The van der Waals surface area contributed by atoms with Gasteiger partial charge >= 0.3 is 0 Å². The van der Waals surface area contributed by atoms with Gasteiger partial charge in [0.1, 0.15) is 12.2 Å². The summed E-state index contributed by atoms with van der Waals surface area (Å²) in [6.45, 7) is 1.69. The molecular weight excluding hydrogens is 266 g/mol. The lowest BCUT2D eigenvalue weighted by atomic mass is 10.0. The summed E-state index contributed by atoms with van der Waals surface area (Å²) < 4.78 is 5.45. The van der Waals surface area contributed by atoms with E-state index in [1.807, 2.05) is 0 Å². The zero-order valence-electron chi connectivity index (χ0n) is 11.8. The number of hydrogen-bond donors (Lipinski definition) is 6. The van der Waals surface area contributed by atoms with Crippen molar-refractivity contribution < 1.29 is 30.3 Å². The lowest BCUT2D eigenvalue weighted by molar-refractivity contribution is -0.121. The minimum absolute atomic E-state index is 0.0389. The van der Waals surface area contributed by atoms with Gasteiger partial charge in [-0.25, -0.2) is 0 Å². The van der Waals surface area contributed by atoms with Crippen LogP contribution in [0.1, 0.15) is 32.6 Å². The van der Waals surface area contributed by atoms with Gasteiger partial charge in [-0.1, -0.05) is 6.92 Å². The lowest BCUT2D eigenvalue weighted by Crippen LogP contribution is -2.48. The summed E-state index contributed by atoms with van der Waals surface area (Å²) in [6, 6.07) is -0.775. The first kappa shape index (κ1) is 17.8. The summed E-state index contributed by atoms with van der Waals surface area (Å²) in [5.41, 5.74) is 5.73. The molecule has 1 rings (SSSR count). The summed E-state index contributed by atoms with van der Waals surface area (Å²) in [7, 11) is 0. The third kappa shape index (κ3) is 4.63. The molecule has 20 heavy (non-hydrogen) atoms. The Hall–Kier alpha value is -0.280. The van der Waals surface area contributed by atoms with E-state index in [1.165, 1.54) is 0 Å². The second kappa shape index (κ2) is 8.23. The molecule has 1 unspecified atom stereocenters. The van der Waals surface area contributed by atoms with Crippen LogP contribution in [0.5, 0.6) is 0 Å². The Morgan fingerprint density at radius 2 is 1.80 bits per heavy atom. The van der Waals surface area contributed by atoms with E-state index in [1.54, 1.807) is 6.92 Å². The molecule has 1 aliphatic rings. The van der Waals surface area contributed by atoms with Gasteiger partial charge in [-0.3, -0.25) is 0 Å². The molecule has 0 bridgehead atoms. The molecule has 0 aromatic heterocycles. The smallest absolute Gasteiger partial charge is 0.108 e. The van der Waals surface area contributed by atoms with Crippen LogP contribution in [-0.4, -0.2) is 74.8 Å². The van der Waals surface area contributed by atoms with E-state index in [4.69, 9.17) is 10.5 Å². The Bertz CT molecular complexity index is 280. The first-order valence-electron chi connectivity index (χ1n) is 7.16. The molecule has 7 nitrogen and oxygen atoms in total. The van der Waals surface area contributed by atoms with Crippen LogP contribution in [0.2, 0.25) is 0 Å². The minimum atomic E-state index is -1.25. The van der Waals surface area contributed by atoms with Crippen LogP contribution in [0, 0.1) is 0 Å². The standard InChI is InChI=1S/C13H27NO6/c1-2-8(15)11(17)7(14)6-20-10-5-3-4-9(16)12(18)13(10)19/h7-13,15-19H,2-6,14H2,1H3/t7-,8+,9-,10?,11-,12-,13-/m0/s1. The quantitative estimate of drug-likeness (QED) is 0.315. The van der Waals surface area contributed by atoms with Crippen molar-refractivity contribution >= 4 is 0 Å². The zero-order valence-corrected chi connectivity index (χ0v) is 11.8. The molecule has 0 aromatic rings. The SMILES string of the molecule is CC[C@@H](O)[C@@H](O)[C@@H](N)COC1CCC[C@H](O)[C@H](O)[C@H]1O. The third-order valence-electron chi connectivity index (χ3n) is 3.87. The van der Waals surface area contributed by atoms with E-state index in [0.717, 1.165) is 0 Å². The molecule has 1 aliphatic carbocycles. The number of aliphatic hydroxyl groups is 5. The number of aliphatic hydroxyl groups excluding tert-OH is 5. The molecule has 0 saturated heterocycles. The fraction of sp³-hybridized carbons (Fsp3) is 1.00. The Morgan fingerprint density at radius 1 is 1.15 bits per heavy atom. The molecular formula is C13H27NO6. The van der Waals surface area contributed by atoms with Crippen LogP contribution < -0.4 is 5.73 Å². The number of ether oxygens (including phenoxy) is 1. The third-order valence-corrected chi connectivity index (χ3v) is 3.87. The largest absolute Gasteiger partial charge is 0.390 e. The first-order chi connectivity index (χ1) is 9.38. The average molecular weight is 293 g/mol. The molecule has 120 valence electrons. The Kier molecular flexibility index (Phi) is 7.32. The van der Waals surface area contributed by atoms with Crippen molar-refractivity contribution in [2.75, 3.05) is 6.61 Å². The van der Waals surface area contributed by atoms with E-state index in [2.05, 4.69) is 0 Å². The highest BCUT2D eigenvalue weighted by Crippen LogP contribution is 2.22. The van der Waals surface area contributed by atoms with Gasteiger partial charge in [0.15, 0.2) is 0 Å². The van der Waals surface area contributed by atoms with Gasteiger partial charge in [-0.15, -0.1) is 0 Å². The summed E-state index contributed by atoms with van der Waals surface area (Å²) >= 11 is 0.